The van der Waals surface area contributed by atoms with Crippen LogP contribution >= 0.6 is 23.2 Å². The number of carbonyl (C=O) groups is 1. The molecule has 0 fully saturated rings. The third-order valence-electron chi connectivity index (χ3n) is 6.00. The number of hydrogen-bond donors (Lipinski definition) is 1. The maximum Gasteiger partial charge on any atom is 0.309 e. The second-order valence-corrected chi connectivity index (χ2v) is 10.7. The van der Waals surface area contributed by atoms with E-state index in [4.69, 9.17) is 27.9 Å². The zero-order chi connectivity index (χ0) is 25.3. The molecule has 1 N–H and O–H groups in total. The molecular formula is C27H23Cl2NO4S. The summed E-state index contributed by atoms with van der Waals surface area (Å²) in [6, 6.07) is 19.2. The maximum absolute atomic E-state index is 13.0. The zero-order valence-electron chi connectivity index (χ0n) is 19.4. The molecule has 0 saturated heterocycles. The number of benzene rings is 4. The Labute approximate surface area is 214 Å². The molecule has 0 amide bonds. The van der Waals surface area contributed by atoms with Crippen molar-refractivity contribution in [2.45, 2.75) is 25.2 Å². The van der Waals surface area contributed by atoms with Crippen LogP contribution in [-0.4, -0.2) is 21.5 Å². The van der Waals surface area contributed by atoms with Gasteiger partial charge in [-0.15, -0.1) is 0 Å². The summed E-state index contributed by atoms with van der Waals surface area (Å²) in [7, 11) is -2.47. The fraction of sp³-hybridized carbons (Fsp3) is 0.148. The number of ether oxygens (including phenoxy) is 1. The third kappa shape index (κ3) is 5.15. The highest BCUT2D eigenvalue weighted by atomic mass is 35.5. The molecule has 0 spiro atoms. The Morgan fingerprint density at radius 1 is 0.943 bits per heavy atom. The van der Waals surface area contributed by atoms with Crippen LogP contribution in [0.25, 0.3) is 21.9 Å². The normalized spacial score (nSPS) is 11.5. The first-order valence-corrected chi connectivity index (χ1v) is 13.0. The van der Waals surface area contributed by atoms with Crippen LogP contribution in [-0.2, 0) is 26.0 Å². The molecule has 0 aliphatic rings. The first-order valence-electron chi connectivity index (χ1n) is 10.8. The lowest BCUT2D eigenvalue weighted by Crippen LogP contribution is -2.13. The van der Waals surface area contributed by atoms with Crippen LogP contribution in [0.1, 0.15) is 16.7 Å². The molecule has 5 nitrogen and oxygen atoms in total. The van der Waals surface area contributed by atoms with Crippen molar-refractivity contribution >= 4 is 55.7 Å². The molecule has 180 valence electrons. The Morgan fingerprint density at radius 2 is 1.66 bits per heavy atom. The fourth-order valence-electron chi connectivity index (χ4n) is 4.04. The second-order valence-electron chi connectivity index (χ2n) is 8.20. The lowest BCUT2D eigenvalue weighted by Gasteiger charge is -2.16. The van der Waals surface area contributed by atoms with E-state index in [9.17, 15) is 13.2 Å². The standard InChI is InChI=1S/C27H23Cl2NO4S/c1-16-20(14-26(31)34-3)13-19-7-10-21(28)15-23(19)27(16)18-8-11-22(12-9-18)35(32,33)30-25-6-4-5-24(29)17(25)2/h4-13,15,30H,14H2,1-3H3. The van der Waals surface area contributed by atoms with Gasteiger partial charge in [0.05, 0.1) is 24.1 Å². The molecular weight excluding hydrogens is 505 g/mol. The Kier molecular flexibility index (Phi) is 7.08. The lowest BCUT2D eigenvalue weighted by atomic mass is 9.89. The monoisotopic (exact) mass is 527 g/mol. The quantitative estimate of drug-likeness (QED) is 0.275. The van der Waals surface area contributed by atoms with Crippen molar-refractivity contribution < 1.29 is 17.9 Å². The average molecular weight is 528 g/mol. The van der Waals surface area contributed by atoms with Gasteiger partial charge < -0.3 is 4.74 Å². The van der Waals surface area contributed by atoms with Crippen molar-refractivity contribution in [1.29, 1.82) is 0 Å². The molecule has 4 rings (SSSR count). The third-order valence-corrected chi connectivity index (χ3v) is 8.02. The molecule has 0 aromatic heterocycles. The topological polar surface area (TPSA) is 72.5 Å². The number of hydrogen-bond acceptors (Lipinski definition) is 4. The highest BCUT2D eigenvalue weighted by Gasteiger charge is 2.19. The van der Waals surface area contributed by atoms with E-state index in [0.717, 1.165) is 33.0 Å². The van der Waals surface area contributed by atoms with E-state index in [2.05, 4.69) is 4.72 Å². The minimum atomic E-state index is -3.83. The minimum absolute atomic E-state index is 0.117. The summed E-state index contributed by atoms with van der Waals surface area (Å²) in [6.45, 7) is 3.69. The number of carbonyl (C=O) groups excluding carboxylic acids is 1. The van der Waals surface area contributed by atoms with Crippen molar-refractivity contribution in [2.24, 2.45) is 0 Å². The lowest BCUT2D eigenvalue weighted by molar-refractivity contribution is -0.139. The zero-order valence-corrected chi connectivity index (χ0v) is 21.7. The average Bonchev–Trinajstić information content (AvgIpc) is 2.83. The van der Waals surface area contributed by atoms with E-state index < -0.39 is 10.0 Å². The van der Waals surface area contributed by atoms with Gasteiger partial charge in [-0.1, -0.05) is 53.5 Å². The first-order chi connectivity index (χ1) is 16.6. The Balaban J connectivity index is 1.78. The predicted molar refractivity (Wildman–Crippen MR) is 142 cm³/mol. The molecule has 0 bridgehead atoms. The summed E-state index contributed by atoms with van der Waals surface area (Å²) in [4.78, 5) is 12.1. The van der Waals surface area contributed by atoms with E-state index in [1.54, 1.807) is 55.5 Å². The molecule has 0 saturated carbocycles. The molecule has 0 atom stereocenters. The van der Waals surface area contributed by atoms with Gasteiger partial charge in [-0.2, -0.15) is 0 Å². The smallest absolute Gasteiger partial charge is 0.309 e. The molecule has 35 heavy (non-hydrogen) atoms. The van der Waals surface area contributed by atoms with Crippen molar-refractivity contribution in [3.05, 3.63) is 93.5 Å². The van der Waals surface area contributed by atoms with Crippen molar-refractivity contribution in [3.63, 3.8) is 0 Å². The number of nitrogens with one attached hydrogen (secondary N) is 1. The largest absolute Gasteiger partial charge is 0.469 e. The van der Waals surface area contributed by atoms with Crippen LogP contribution in [0.2, 0.25) is 10.0 Å². The molecule has 4 aromatic rings. The number of fused-ring (bicyclic) bond motifs is 1. The number of methoxy groups -OCH3 is 1. The highest BCUT2D eigenvalue weighted by Crippen LogP contribution is 2.36. The summed E-state index contributed by atoms with van der Waals surface area (Å²) in [5.41, 5.74) is 4.49. The summed E-state index contributed by atoms with van der Waals surface area (Å²) in [6.07, 6.45) is 0.128. The summed E-state index contributed by atoms with van der Waals surface area (Å²) < 4.78 is 33.5. The van der Waals surface area contributed by atoms with Gasteiger partial charge in [0, 0.05) is 10.0 Å². The van der Waals surface area contributed by atoms with Gasteiger partial charge in [0.1, 0.15) is 0 Å². The van der Waals surface area contributed by atoms with Gasteiger partial charge in [-0.3, -0.25) is 9.52 Å². The van der Waals surface area contributed by atoms with Crippen LogP contribution in [0.3, 0.4) is 0 Å². The highest BCUT2D eigenvalue weighted by molar-refractivity contribution is 7.92. The summed E-state index contributed by atoms with van der Waals surface area (Å²) in [5.74, 6) is -0.337. The molecule has 8 heteroatoms. The van der Waals surface area contributed by atoms with E-state index in [1.807, 2.05) is 25.1 Å². The number of esters is 1. The van der Waals surface area contributed by atoms with Crippen LogP contribution in [0.15, 0.2) is 71.6 Å². The van der Waals surface area contributed by atoms with E-state index >= 15 is 0 Å². The minimum Gasteiger partial charge on any atom is -0.469 e. The molecule has 0 aliphatic heterocycles. The Bertz CT molecular complexity index is 1550. The first kappa shape index (κ1) is 25.0. The van der Waals surface area contributed by atoms with Gasteiger partial charge in [-0.05, 0) is 88.8 Å². The maximum atomic E-state index is 13.0. The van der Waals surface area contributed by atoms with Gasteiger partial charge >= 0.3 is 5.97 Å². The Hall–Kier alpha value is -3.06. The van der Waals surface area contributed by atoms with Gasteiger partial charge in [0.15, 0.2) is 0 Å². The number of rotatable bonds is 6. The molecule has 0 radical (unpaired) electrons. The van der Waals surface area contributed by atoms with Crippen molar-refractivity contribution in [2.75, 3.05) is 11.8 Å². The SMILES string of the molecule is COC(=O)Cc1cc2ccc(Cl)cc2c(-c2ccc(S(=O)(=O)Nc3cccc(Cl)c3C)cc2)c1C. The van der Waals surface area contributed by atoms with E-state index in [-0.39, 0.29) is 17.3 Å². The van der Waals surface area contributed by atoms with Crippen LogP contribution in [0, 0.1) is 13.8 Å². The van der Waals surface area contributed by atoms with Crippen molar-refractivity contribution in [3.8, 4) is 11.1 Å². The molecule has 0 heterocycles. The molecule has 0 unspecified atom stereocenters. The van der Waals surface area contributed by atoms with Crippen LogP contribution in [0.5, 0.6) is 0 Å². The fourth-order valence-corrected chi connectivity index (χ4v) is 5.50. The number of sulfonamides is 1. The number of anilines is 1. The van der Waals surface area contributed by atoms with E-state index in [0.29, 0.717) is 21.3 Å². The number of halogens is 2. The second kappa shape index (κ2) is 9.90. The van der Waals surface area contributed by atoms with Crippen LogP contribution in [0.4, 0.5) is 5.69 Å². The summed E-state index contributed by atoms with van der Waals surface area (Å²) >= 11 is 12.4. The van der Waals surface area contributed by atoms with Crippen molar-refractivity contribution in [1.82, 2.24) is 0 Å². The van der Waals surface area contributed by atoms with Crippen LogP contribution < -0.4 is 4.72 Å². The van der Waals surface area contributed by atoms with Gasteiger partial charge in [0.25, 0.3) is 10.0 Å². The Morgan fingerprint density at radius 3 is 2.34 bits per heavy atom. The molecule has 0 aliphatic carbocycles. The van der Waals surface area contributed by atoms with Gasteiger partial charge in [0.2, 0.25) is 0 Å². The predicted octanol–water partition coefficient (Wildman–Crippen LogP) is 6.95. The van der Waals surface area contributed by atoms with E-state index in [1.165, 1.54) is 7.11 Å². The summed E-state index contributed by atoms with van der Waals surface area (Å²) in [5, 5.41) is 2.89. The van der Waals surface area contributed by atoms with Gasteiger partial charge in [-0.25, -0.2) is 8.42 Å². The molecule has 4 aromatic carbocycles.